The van der Waals surface area contributed by atoms with Gasteiger partial charge < -0.3 is 4.42 Å². The maximum Gasteiger partial charge on any atom is 0.270 e. The fourth-order valence-electron chi connectivity index (χ4n) is 0.533. The molecule has 0 radical (unpaired) electrons. The molecule has 5 heteroatoms. The van der Waals surface area contributed by atoms with E-state index in [0.29, 0.717) is 0 Å². The van der Waals surface area contributed by atoms with E-state index in [1.807, 2.05) is 5.43 Å². The molecule has 0 unspecified atom stereocenters. The summed E-state index contributed by atoms with van der Waals surface area (Å²) in [6.45, 7) is 0. The maximum absolute atomic E-state index is 10.7. The second kappa shape index (κ2) is 2.72. The van der Waals surface area contributed by atoms with E-state index in [4.69, 9.17) is 17.4 Å². The number of nitrogens with one attached hydrogen (secondary N) is 1. The van der Waals surface area contributed by atoms with Crippen molar-refractivity contribution in [1.82, 2.24) is 5.43 Å². The number of nitrogen functional groups attached to an aromatic ring is 1. The second-order valence-corrected chi connectivity index (χ2v) is 1.92. The van der Waals surface area contributed by atoms with Crippen LogP contribution in [0.2, 0.25) is 5.22 Å². The Balaban J connectivity index is 2.93. The lowest BCUT2D eigenvalue weighted by molar-refractivity contribution is 0.0953. The van der Waals surface area contributed by atoms with Crippen LogP contribution in [0.4, 0.5) is 0 Å². The Hall–Kier alpha value is -1.00. The van der Waals surface area contributed by atoms with Crippen molar-refractivity contribution in [2.75, 3.05) is 0 Å². The van der Waals surface area contributed by atoms with Crippen LogP contribution in [0.5, 0.6) is 0 Å². The van der Waals surface area contributed by atoms with Crippen LogP contribution in [0.3, 0.4) is 0 Å². The number of hydrogen-bond acceptors (Lipinski definition) is 3. The van der Waals surface area contributed by atoms with Crippen molar-refractivity contribution in [1.29, 1.82) is 0 Å². The van der Waals surface area contributed by atoms with Crippen LogP contribution in [0.15, 0.2) is 16.7 Å². The Morgan fingerprint density at radius 2 is 2.50 bits per heavy atom. The van der Waals surface area contributed by atoms with Gasteiger partial charge in [-0.25, -0.2) is 5.84 Å². The number of halogens is 1. The van der Waals surface area contributed by atoms with Gasteiger partial charge in [-0.1, -0.05) is 0 Å². The van der Waals surface area contributed by atoms with Crippen LogP contribution in [-0.2, 0) is 0 Å². The minimum Gasteiger partial charge on any atom is -0.452 e. The average molecular weight is 161 g/mol. The van der Waals surface area contributed by atoms with E-state index >= 15 is 0 Å². The van der Waals surface area contributed by atoms with Gasteiger partial charge in [-0.05, 0) is 17.7 Å². The molecule has 0 atom stereocenters. The number of rotatable bonds is 1. The number of hydrogen-bond donors (Lipinski definition) is 2. The molecule has 1 aromatic rings. The van der Waals surface area contributed by atoms with Crippen molar-refractivity contribution in [3.8, 4) is 0 Å². The molecule has 0 fully saturated rings. The van der Waals surface area contributed by atoms with Crippen LogP contribution >= 0.6 is 11.6 Å². The predicted molar refractivity (Wildman–Crippen MR) is 35.4 cm³/mol. The maximum atomic E-state index is 10.7. The van der Waals surface area contributed by atoms with E-state index in [1.54, 1.807) is 0 Å². The third kappa shape index (κ3) is 1.12. The molecule has 1 amide bonds. The molecule has 54 valence electrons. The molecule has 0 saturated carbocycles. The first kappa shape index (κ1) is 7.11. The van der Waals surface area contributed by atoms with Crippen molar-refractivity contribution < 1.29 is 9.21 Å². The number of nitrogens with two attached hydrogens (primary N) is 1. The number of amides is 1. The Morgan fingerprint density at radius 1 is 1.80 bits per heavy atom. The molecule has 1 heterocycles. The third-order valence-corrected chi connectivity index (χ3v) is 1.29. The van der Waals surface area contributed by atoms with E-state index in [0.717, 1.165) is 0 Å². The van der Waals surface area contributed by atoms with Gasteiger partial charge in [0.1, 0.15) is 0 Å². The smallest absolute Gasteiger partial charge is 0.270 e. The zero-order valence-corrected chi connectivity index (χ0v) is 5.68. The fourth-order valence-corrected chi connectivity index (χ4v) is 0.734. The van der Waals surface area contributed by atoms with Gasteiger partial charge in [0, 0.05) is 0 Å². The van der Waals surface area contributed by atoms with E-state index < -0.39 is 5.91 Å². The summed E-state index contributed by atoms with van der Waals surface area (Å²) < 4.78 is 4.64. The highest BCUT2D eigenvalue weighted by Crippen LogP contribution is 2.15. The largest absolute Gasteiger partial charge is 0.452 e. The molecular formula is C5H5ClN2O2. The molecule has 0 aromatic carbocycles. The van der Waals surface area contributed by atoms with Gasteiger partial charge in [-0.3, -0.25) is 10.2 Å². The molecule has 10 heavy (non-hydrogen) atoms. The minimum atomic E-state index is -0.459. The highest BCUT2D eigenvalue weighted by molar-refractivity contribution is 6.32. The molecule has 0 saturated heterocycles. The van der Waals surface area contributed by atoms with Crippen molar-refractivity contribution in [3.05, 3.63) is 23.1 Å². The predicted octanol–water partition coefficient (Wildman–Crippen LogP) is 0.536. The fraction of sp³-hybridized carbons (Fsp3) is 0. The molecule has 0 bridgehead atoms. The highest BCUT2D eigenvalue weighted by atomic mass is 35.5. The second-order valence-electron chi connectivity index (χ2n) is 1.58. The van der Waals surface area contributed by atoms with Crippen molar-refractivity contribution in [3.63, 3.8) is 0 Å². The topological polar surface area (TPSA) is 68.3 Å². The quantitative estimate of drug-likeness (QED) is 0.358. The van der Waals surface area contributed by atoms with E-state index in [2.05, 4.69) is 4.42 Å². The number of carbonyl (C=O) groups excluding carboxylic acids is 1. The summed E-state index contributed by atoms with van der Waals surface area (Å²) in [5.41, 5.74) is 2.16. The van der Waals surface area contributed by atoms with Gasteiger partial charge in [0.2, 0.25) is 5.22 Å². The number of carbonyl (C=O) groups is 1. The molecule has 1 rings (SSSR count). The summed E-state index contributed by atoms with van der Waals surface area (Å²) in [5, 5.41) is 0.0444. The normalized spacial score (nSPS) is 9.40. The van der Waals surface area contributed by atoms with Crippen LogP contribution in [0, 0.1) is 0 Å². The number of hydrazine groups is 1. The Morgan fingerprint density at radius 3 is 2.90 bits per heavy atom. The summed E-state index contributed by atoms with van der Waals surface area (Å²) in [6, 6.07) is 1.44. The van der Waals surface area contributed by atoms with E-state index in [1.165, 1.54) is 12.3 Å². The van der Waals surface area contributed by atoms with Gasteiger partial charge in [0.25, 0.3) is 5.91 Å². The van der Waals surface area contributed by atoms with Crippen LogP contribution in [0.1, 0.15) is 10.4 Å². The summed E-state index contributed by atoms with van der Waals surface area (Å²) >= 11 is 5.43. The molecule has 4 nitrogen and oxygen atoms in total. The lowest BCUT2D eigenvalue weighted by Crippen LogP contribution is -2.29. The van der Waals surface area contributed by atoms with Crippen molar-refractivity contribution >= 4 is 17.5 Å². The first-order valence-electron chi connectivity index (χ1n) is 2.49. The van der Waals surface area contributed by atoms with Gasteiger partial charge in [0.05, 0.1) is 11.8 Å². The zero-order chi connectivity index (χ0) is 7.56. The molecule has 0 aliphatic rings. The summed E-state index contributed by atoms with van der Waals surface area (Å²) in [7, 11) is 0. The first-order chi connectivity index (χ1) is 4.75. The van der Waals surface area contributed by atoms with Gasteiger partial charge in [-0.2, -0.15) is 0 Å². The molecule has 3 N–H and O–H groups in total. The van der Waals surface area contributed by atoms with E-state index in [9.17, 15) is 4.79 Å². The lowest BCUT2D eigenvalue weighted by Gasteiger charge is -1.92. The molecule has 1 aromatic heterocycles. The van der Waals surface area contributed by atoms with Gasteiger partial charge >= 0.3 is 0 Å². The van der Waals surface area contributed by atoms with Crippen molar-refractivity contribution in [2.45, 2.75) is 0 Å². The first-order valence-corrected chi connectivity index (χ1v) is 2.87. The Labute approximate surface area is 61.9 Å². The lowest BCUT2D eigenvalue weighted by atomic mass is 10.3. The SMILES string of the molecule is NNC(=O)c1ccoc1Cl. The minimum absolute atomic E-state index is 0.0444. The van der Waals surface area contributed by atoms with Crippen molar-refractivity contribution in [2.24, 2.45) is 5.84 Å². The molecular weight excluding hydrogens is 156 g/mol. The molecule has 0 spiro atoms. The standard InChI is InChI=1S/C5H5ClN2O2/c6-4-3(1-2-10-4)5(9)8-7/h1-2H,7H2,(H,8,9). The summed E-state index contributed by atoms with van der Waals surface area (Å²) in [6.07, 6.45) is 1.31. The number of furan rings is 1. The van der Waals surface area contributed by atoms with E-state index in [-0.39, 0.29) is 10.8 Å². The average Bonchev–Trinajstić information content (AvgIpc) is 2.34. The summed E-state index contributed by atoms with van der Waals surface area (Å²) in [4.78, 5) is 10.7. The van der Waals surface area contributed by atoms with Crippen LogP contribution in [-0.4, -0.2) is 5.91 Å². The molecule has 0 aliphatic heterocycles. The Bertz CT molecular complexity index is 246. The van der Waals surface area contributed by atoms with Crippen LogP contribution in [0.25, 0.3) is 0 Å². The van der Waals surface area contributed by atoms with Crippen LogP contribution < -0.4 is 11.3 Å². The Kier molecular flexibility index (Phi) is 1.94. The highest BCUT2D eigenvalue weighted by Gasteiger charge is 2.10. The van der Waals surface area contributed by atoms with Gasteiger partial charge in [0.15, 0.2) is 0 Å². The zero-order valence-electron chi connectivity index (χ0n) is 4.93. The third-order valence-electron chi connectivity index (χ3n) is 0.994. The monoisotopic (exact) mass is 160 g/mol. The van der Waals surface area contributed by atoms with Gasteiger partial charge in [-0.15, -0.1) is 0 Å². The summed E-state index contributed by atoms with van der Waals surface area (Å²) in [5.74, 6) is 4.37. The molecule has 0 aliphatic carbocycles.